The molecule has 1 amide bonds. The second kappa shape index (κ2) is 7.90. The molecular formula is C19H21NO5. The van der Waals surface area contributed by atoms with Gasteiger partial charge in [0.05, 0.1) is 13.2 Å². The number of carbonyl (C=O) groups excluding carboxylic acids is 1. The molecule has 1 unspecified atom stereocenters. The predicted molar refractivity (Wildman–Crippen MR) is 92.8 cm³/mol. The summed E-state index contributed by atoms with van der Waals surface area (Å²) < 4.78 is 21.5. The van der Waals surface area contributed by atoms with E-state index >= 15 is 0 Å². The molecule has 6 heteroatoms. The van der Waals surface area contributed by atoms with Crippen molar-refractivity contribution < 1.29 is 23.7 Å². The first-order valence-corrected chi connectivity index (χ1v) is 8.12. The van der Waals surface area contributed by atoms with Crippen LogP contribution < -0.4 is 15.2 Å². The summed E-state index contributed by atoms with van der Waals surface area (Å²) in [7, 11) is 1.64. The highest BCUT2D eigenvalue weighted by Crippen LogP contribution is 2.37. The summed E-state index contributed by atoms with van der Waals surface area (Å²) in [6.07, 6.45) is -0.542. The van der Waals surface area contributed by atoms with E-state index in [1.54, 1.807) is 7.11 Å². The van der Waals surface area contributed by atoms with Gasteiger partial charge in [-0.3, -0.25) is 0 Å². The lowest BCUT2D eigenvalue weighted by Gasteiger charge is -2.25. The number of rotatable bonds is 6. The fourth-order valence-electron chi connectivity index (χ4n) is 2.81. The average Bonchev–Trinajstić information content (AvgIpc) is 2.62. The molecule has 6 nitrogen and oxygen atoms in total. The maximum Gasteiger partial charge on any atom is 0.405 e. The first-order chi connectivity index (χ1) is 12.2. The Morgan fingerprint density at radius 3 is 2.84 bits per heavy atom. The Bertz CT molecular complexity index is 746. The second-order valence-electron chi connectivity index (χ2n) is 5.68. The zero-order chi connectivity index (χ0) is 17.6. The van der Waals surface area contributed by atoms with Gasteiger partial charge in [0, 0.05) is 19.1 Å². The van der Waals surface area contributed by atoms with E-state index < -0.39 is 6.09 Å². The van der Waals surface area contributed by atoms with E-state index in [9.17, 15) is 4.79 Å². The molecule has 3 rings (SSSR count). The van der Waals surface area contributed by atoms with Crippen molar-refractivity contribution in [2.24, 2.45) is 5.73 Å². The molecule has 1 atom stereocenters. The molecule has 0 aliphatic carbocycles. The van der Waals surface area contributed by atoms with E-state index in [0.29, 0.717) is 32.0 Å². The summed E-state index contributed by atoms with van der Waals surface area (Å²) in [5, 5.41) is 0. The van der Waals surface area contributed by atoms with E-state index in [-0.39, 0.29) is 6.10 Å². The number of ether oxygens (including phenoxy) is 4. The van der Waals surface area contributed by atoms with Crippen LogP contribution in [0.25, 0.3) is 11.1 Å². The smallest absolute Gasteiger partial charge is 0.405 e. The van der Waals surface area contributed by atoms with Gasteiger partial charge < -0.3 is 24.7 Å². The minimum atomic E-state index is -0.775. The van der Waals surface area contributed by atoms with E-state index in [4.69, 9.17) is 24.7 Å². The lowest BCUT2D eigenvalue weighted by molar-refractivity contribution is 0.0766. The van der Waals surface area contributed by atoms with Crippen LogP contribution in [0, 0.1) is 0 Å². The van der Waals surface area contributed by atoms with Crippen LogP contribution in [-0.4, -0.2) is 33.0 Å². The minimum Gasteiger partial charge on any atom is -0.493 e. The third kappa shape index (κ3) is 4.22. The molecule has 2 N–H and O–H groups in total. The molecule has 2 aromatic carbocycles. The number of methoxy groups -OCH3 is 1. The van der Waals surface area contributed by atoms with E-state index in [1.165, 1.54) is 0 Å². The molecule has 25 heavy (non-hydrogen) atoms. The van der Waals surface area contributed by atoms with E-state index in [2.05, 4.69) is 0 Å². The SMILES string of the molecule is COCCOc1cccc(-c2ccc3c(c2)OCCC3OC(N)=O)c1. The Kier molecular flexibility index (Phi) is 5.40. The van der Waals surface area contributed by atoms with Crippen LogP contribution in [0.1, 0.15) is 18.1 Å². The molecule has 0 spiro atoms. The summed E-state index contributed by atoms with van der Waals surface area (Å²) in [5.41, 5.74) is 7.99. The number of hydrogen-bond acceptors (Lipinski definition) is 5. The van der Waals surface area contributed by atoms with Gasteiger partial charge in [0.1, 0.15) is 24.2 Å². The number of hydrogen-bond donors (Lipinski definition) is 1. The highest BCUT2D eigenvalue weighted by atomic mass is 16.6. The summed E-state index contributed by atoms with van der Waals surface area (Å²) in [6.45, 7) is 1.52. The first-order valence-electron chi connectivity index (χ1n) is 8.12. The van der Waals surface area contributed by atoms with Crippen LogP contribution in [0.4, 0.5) is 4.79 Å². The average molecular weight is 343 g/mol. The first kappa shape index (κ1) is 17.1. The topological polar surface area (TPSA) is 80.0 Å². The zero-order valence-electron chi connectivity index (χ0n) is 14.1. The molecule has 2 aromatic rings. The lowest BCUT2D eigenvalue weighted by atomic mass is 9.98. The number of amides is 1. The molecule has 1 heterocycles. The highest BCUT2D eigenvalue weighted by Gasteiger charge is 2.24. The Morgan fingerprint density at radius 1 is 1.20 bits per heavy atom. The van der Waals surface area contributed by atoms with Crippen LogP contribution >= 0.6 is 0 Å². The van der Waals surface area contributed by atoms with Crippen molar-refractivity contribution >= 4 is 6.09 Å². The Labute approximate surface area is 146 Å². The molecule has 0 aromatic heterocycles. The molecule has 0 saturated carbocycles. The molecule has 0 radical (unpaired) electrons. The summed E-state index contributed by atoms with van der Waals surface area (Å²) in [4.78, 5) is 11.0. The van der Waals surface area contributed by atoms with Crippen molar-refractivity contribution in [2.75, 3.05) is 26.9 Å². The lowest BCUT2D eigenvalue weighted by Crippen LogP contribution is -2.22. The van der Waals surface area contributed by atoms with Crippen LogP contribution in [-0.2, 0) is 9.47 Å². The fourth-order valence-corrected chi connectivity index (χ4v) is 2.81. The Hall–Kier alpha value is -2.73. The van der Waals surface area contributed by atoms with Crippen LogP contribution in [0.5, 0.6) is 11.5 Å². The van der Waals surface area contributed by atoms with Gasteiger partial charge in [-0.05, 0) is 29.3 Å². The van der Waals surface area contributed by atoms with Gasteiger partial charge in [-0.25, -0.2) is 4.79 Å². The summed E-state index contributed by atoms with van der Waals surface area (Å²) in [6, 6.07) is 13.7. The number of carbonyl (C=O) groups is 1. The van der Waals surface area contributed by atoms with Crippen LogP contribution in [0.3, 0.4) is 0 Å². The molecule has 0 saturated heterocycles. The number of fused-ring (bicyclic) bond motifs is 1. The number of primary amides is 1. The van der Waals surface area contributed by atoms with Gasteiger partial charge >= 0.3 is 6.09 Å². The Morgan fingerprint density at radius 2 is 2.04 bits per heavy atom. The van der Waals surface area contributed by atoms with Gasteiger partial charge in [-0.1, -0.05) is 24.3 Å². The van der Waals surface area contributed by atoms with Crippen molar-refractivity contribution in [1.82, 2.24) is 0 Å². The molecule has 132 valence electrons. The predicted octanol–water partition coefficient (Wildman–Crippen LogP) is 3.30. The summed E-state index contributed by atoms with van der Waals surface area (Å²) >= 11 is 0. The molecule has 0 fully saturated rings. The second-order valence-corrected chi connectivity index (χ2v) is 5.68. The van der Waals surface area contributed by atoms with Gasteiger partial charge in [-0.2, -0.15) is 0 Å². The highest BCUT2D eigenvalue weighted by molar-refractivity contribution is 5.69. The fraction of sp³-hybridized carbons (Fsp3) is 0.316. The Balaban J connectivity index is 1.82. The van der Waals surface area contributed by atoms with E-state index in [0.717, 1.165) is 22.4 Å². The maximum absolute atomic E-state index is 11.0. The third-order valence-electron chi connectivity index (χ3n) is 3.98. The van der Waals surface area contributed by atoms with Crippen molar-refractivity contribution in [1.29, 1.82) is 0 Å². The standard InChI is InChI=1S/C19H21NO5/c1-22-9-10-23-15-4-2-3-13(11-15)14-5-6-16-17(25-19(20)21)7-8-24-18(16)12-14/h2-6,11-12,17H,7-10H2,1H3,(H2,20,21). The van der Waals surface area contributed by atoms with Crippen molar-refractivity contribution in [2.45, 2.75) is 12.5 Å². The van der Waals surface area contributed by atoms with Crippen LogP contribution in [0.15, 0.2) is 42.5 Å². The van der Waals surface area contributed by atoms with Gasteiger partial charge in [0.2, 0.25) is 0 Å². The van der Waals surface area contributed by atoms with Gasteiger partial charge in [0.15, 0.2) is 0 Å². The molecular weight excluding hydrogens is 322 g/mol. The van der Waals surface area contributed by atoms with E-state index in [1.807, 2.05) is 42.5 Å². The number of nitrogens with two attached hydrogens (primary N) is 1. The van der Waals surface area contributed by atoms with Gasteiger partial charge in [0.25, 0.3) is 0 Å². The quantitative estimate of drug-likeness (QED) is 0.814. The molecule has 0 bridgehead atoms. The largest absolute Gasteiger partial charge is 0.493 e. The number of benzene rings is 2. The van der Waals surface area contributed by atoms with Gasteiger partial charge in [-0.15, -0.1) is 0 Å². The molecule has 1 aliphatic heterocycles. The zero-order valence-corrected chi connectivity index (χ0v) is 14.1. The normalized spacial score (nSPS) is 15.8. The maximum atomic E-state index is 11.0. The van der Waals surface area contributed by atoms with Crippen molar-refractivity contribution in [3.8, 4) is 22.6 Å². The van der Waals surface area contributed by atoms with Crippen molar-refractivity contribution in [3.63, 3.8) is 0 Å². The third-order valence-corrected chi connectivity index (χ3v) is 3.98. The molecule has 1 aliphatic rings. The monoisotopic (exact) mass is 343 g/mol. The minimum absolute atomic E-state index is 0.362. The summed E-state index contributed by atoms with van der Waals surface area (Å²) in [5.74, 6) is 1.49. The van der Waals surface area contributed by atoms with Crippen molar-refractivity contribution in [3.05, 3.63) is 48.0 Å². The van der Waals surface area contributed by atoms with Crippen LogP contribution in [0.2, 0.25) is 0 Å².